The van der Waals surface area contributed by atoms with Crippen LogP contribution in [-0.2, 0) is 22.1 Å². The van der Waals surface area contributed by atoms with Crippen molar-refractivity contribution in [3.05, 3.63) is 89.5 Å². The first kappa shape index (κ1) is 29.7. The summed E-state index contributed by atoms with van der Waals surface area (Å²) in [5, 5.41) is 6.29. The smallest absolute Gasteiger partial charge is 0.416 e. The molecule has 0 aliphatic heterocycles. The van der Waals surface area contributed by atoms with Crippen molar-refractivity contribution in [1.29, 1.82) is 0 Å². The van der Waals surface area contributed by atoms with E-state index in [-0.39, 0.29) is 30.9 Å². The fourth-order valence-corrected chi connectivity index (χ4v) is 4.21. The summed E-state index contributed by atoms with van der Waals surface area (Å²) in [6.45, 7) is 4.41. The molecule has 0 aliphatic carbocycles. The molecule has 3 aromatic carbocycles. The van der Waals surface area contributed by atoms with E-state index in [1.54, 1.807) is 19.1 Å². The largest absolute Gasteiger partial charge is 0.466 e. The molecule has 0 saturated carbocycles. The van der Waals surface area contributed by atoms with Crippen molar-refractivity contribution in [2.24, 2.45) is 0 Å². The molecule has 0 spiro atoms. The van der Waals surface area contributed by atoms with E-state index in [0.29, 0.717) is 12.2 Å². The average molecular weight is 541 g/mol. The Labute approximate surface area is 227 Å². The van der Waals surface area contributed by atoms with Crippen LogP contribution < -0.4 is 10.6 Å². The van der Waals surface area contributed by atoms with Crippen molar-refractivity contribution < 1.29 is 27.5 Å². The van der Waals surface area contributed by atoms with Crippen LogP contribution in [0.15, 0.2) is 72.8 Å². The predicted octanol–water partition coefficient (Wildman–Crippen LogP) is 7.27. The van der Waals surface area contributed by atoms with Crippen LogP contribution in [0.3, 0.4) is 0 Å². The van der Waals surface area contributed by atoms with Crippen LogP contribution in [0, 0.1) is 0 Å². The topological polar surface area (TPSA) is 67.4 Å². The molecule has 0 radical (unpaired) electrons. The van der Waals surface area contributed by atoms with E-state index in [4.69, 9.17) is 4.74 Å². The number of benzene rings is 3. The summed E-state index contributed by atoms with van der Waals surface area (Å²) >= 11 is 0. The van der Waals surface area contributed by atoms with Gasteiger partial charge >= 0.3 is 12.1 Å². The highest BCUT2D eigenvalue weighted by Gasteiger charge is 2.29. The SMILES string of the molecule is CCCC[C@@H](Cc1ccc(-c2ccc(C(F)(F)F)cc2)cc1)Nc1ccc(C(=O)NCCC(=O)OCC)cc1. The summed E-state index contributed by atoms with van der Waals surface area (Å²) in [6, 6.07) is 20.5. The first-order valence-corrected chi connectivity index (χ1v) is 13.3. The number of halogens is 3. The third-order valence-corrected chi connectivity index (χ3v) is 6.33. The summed E-state index contributed by atoms with van der Waals surface area (Å²) in [5.41, 5.74) is 3.48. The lowest BCUT2D eigenvalue weighted by Gasteiger charge is -2.20. The molecular formula is C31H35F3N2O3. The third-order valence-electron chi connectivity index (χ3n) is 6.33. The predicted molar refractivity (Wildman–Crippen MR) is 148 cm³/mol. The molecule has 3 rings (SSSR count). The molecule has 39 heavy (non-hydrogen) atoms. The summed E-state index contributed by atoms with van der Waals surface area (Å²) < 4.78 is 43.4. The molecule has 0 aliphatic rings. The van der Waals surface area contributed by atoms with Crippen molar-refractivity contribution in [2.75, 3.05) is 18.5 Å². The number of hydrogen-bond acceptors (Lipinski definition) is 4. The molecule has 0 unspecified atom stereocenters. The van der Waals surface area contributed by atoms with Crippen LogP contribution in [0.1, 0.15) is 61.0 Å². The maximum atomic E-state index is 12.8. The maximum absolute atomic E-state index is 12.8. The molecule has 1 atom stereocenters. The lowest BCUT2D eigenvalue weighted by Crippen LogP contribution is -2.26. The maximum Gasteiger partial charge on any atom is 0.416 e. The summed E-state index contributed by atoms with van der Waals surface area (Å²) in [4.78, 5) is 23.8. The van der Waals surface area contributed by atoms with Crippen molar-refractivity contribution >= 4 is 17.6 Å². The van der Waals surface area contributed by atoms with Gasteiger partial charge in [0.2, 0.25) is 0 Å². The molecule has 208 valence electrons. The van der Waals surface area contributed by atoms with Crippen molar-refractivity contribution in [2.45, 2.75) is 58.2 Å². The highest BCUT2D eigenvalue weighted by Crippen LogP contribution is 2.31. The van der Waals surface area contributed by atoms with Crippen LogP contribution in [-0.4, -0.2) is 31.1 Å². The second-order valence-corrected chi connectivity index (χ2v) is 9.35. The minimum atomic E-state index is -4.35. The van der Waals surface area contributed by atoms with Gasteiger partial charge in [0.25, 0.3) is 5.91 Å². The van der Waals surface area contributed by atoms with E-state index in [0.717, 1.165) is 60.2 Å². The van der Waals surface area contributed by atoms with Crippen LogP contribution >= 0.6 is 0 Å². The molecule has 0 saturated heterocycles. The molecule has 0 bridgehead atoms. The highest BCUT2D eigenvalue weighted by atomic mass is 19.4. The zero-order valence-electron chi connectivity index (χ0n) is 22.3. The zero-order chi connectivity index (χ0) is 28.3. The monoisotopic (exact) mass is 540 g/mol. The Balaban J connectivity index is 1.59. The van der Waals surface area contributed by atoms with Crippen LogP contribution in [0.2, 0.25) is 0 Å². The normalized spacial score (nSPS) is 12.0. The van der Waals surface area contributed by atoms with Gasteiger partial charge in [-0.3, -0.25) is 9.59 Å². The molecule has 0 heterocycles. The van der Waals surface area contributed by atoms with Gasteiger partial charge in [-0.2, -0.15) is 13.2 Å². The van der Waals surface area contributed by atoms with E-state index in [9.17, 15) is 22.8 Å². The summed E-state index contributed by atoms with van der Waals surface area (Å²) in [6.07, 6.45) is -0.348. The van der Waals surface area contributed by atoms with Gasteiger partial charge in [0.1, 0.15) is 0 Å². The third kappa shape index (κ3) is 9.46. The standard InChI is InChI=1S/C31H35F3N2O3/c1-3-5-6-28(36-27-17-13-25(14-18-27)30(38)35-20-19-29(37)39-4-2)21-22-7-9-23(10-8-22)24-11-15-26(16-12-24)31(32,33)34/h7-18,28,36H,3-6,19-21H2,1-2H3,(H,35,38)/t28-/m0/s1. The Morgan fingerprint density at radius 3 is 2.05 bits per heavy atom. The number of alkyl halides is 3. The first-order valence-electron chi connectivity index (χ1n) is 13.3. The quantitative estimate of drug-likeness (QED) is 0.224. The number of carbonyl (C=O) groups excluding carboxylic acids is 2. The van der Waals surface area contributed by atoms with Gasteiger partial charge in [-0.05, 0) is 72.9 Å². The Hall–Kier alpha value is -3.81. The molecular weight excluding hydrogens is 505 g/mol. The highest BCUT2D eigenvalue weighted by molar-refractivity contribution is 5.94. The molecule has 0 fully saturated rings. The van der Waals surface area contributed by atoms with Gasteiger partial charge in [0, 0.05) is 23.8 Å². The van der Waals surface area contributed by atoms with Gasteiger partial charge in [0.15, 0.2) is 0 Å². The van der Waals surface area contributed by atoms with E-state index in [2.05, 4.69) is 17.6 Å². The number of amides is 1. The lowest BCUT2D eigenvalue weighted by atomic mass is 9.97. The van der Waals surface area contributed by atoms with Gasteiger partial charge < -0.3 is 15.4 Å². The van der Waals surface area contributed by atoms with Crippen LogP contribution in [0.5, 0.6) is 0 Å². The molecule has 8 heteroatoms. The number of unbranched alkanes of at least 4 members (excludes halogenated alkanes) is 1. The van der Waals surface area contributed by atoms with E-state index < -0.39 is 11.7 Å². The lowest BCUT2D eigenvalue weighted by molar-refractivity contribution is -0.143. The minimum absolute atomic E-state index is 0.129. The molecule has 5 nitrogen and oxygen atoms in total. The zero-order valence-corrected chi connectivity index (χ0v) is 22.3. The molecule has 3 aromatic rings. The first-order chi connectivity index (χ1) is 18.7. The Morgan fingerprint density at radius 2 is 1.49 bits per heavy atom. The number of carbonyl (C=O) groups is 2. The second kappa shape index (κ2) is 14.4. The van der Waals surface area contributed by atoms with Gasteiger partial charge in [0.05, 0.1) is 18.6 Å². The van der Waals surface area contributed by atoms with Gasteiger partial charge in [-0.1, -0.05) is 56.2 Å². The number of anilines is 1. The fourth-order valence-electron chi connectivity index (χ4n) is 4.21. The molecule has 2 N–H and O–H groups in total. The molecule has 1 amide bonds. The average Bonchev–Trinajstić information content (AvgIpc) is 2.92. The van der Waals surface area contributed by atoms with Gasteiger partial charge in [-0.15, -0.1) is 0 Å². The second-order valence-electron chi connectivity index (χ2n) is 9.35. The van der Waals surface area contributed by atoms with E-state index in [1.807, 2.05) is 36.4 Å². The minimum Gasteiger partial charge on any atom is -0.466 e. The Morgan fingerprint density at radius 1 is 0.872 bits per heavy atom. The fraction of sp³-hybridized carbons (Fsp3) is 0.355. The molecule has 0 aromatic heterocycles. The van der Waals surface area contributed by atoms with Gasteiger partial charge in [-0.25, -0.2) is 0 Å². The summed E-state index contributed by atoms with van der Waals surface area (Å²) in [7, 11) is 0. The number of rotatable bonds is 13. The number of esters is 1. The van der Waals surface area contributed by atoms with Crippen molar-refractivity contribution in [3.63, 3.8) is 0 Å². The van der Waals surface area contributed by atoms with E-state index in [1.165, 1.54) is 12.1 Å². The van der Waals surface area contributed by atoms with Crippen molar-refractivity contribution in [1.82, 2.24) is 5.32 Å². The number of ether oxygens (including phenoxy) is 1. The van der Waals surface area contributed by atoms with E-state index >= 15 is 0 Å². The van der Waals surface area contributed by atoms with Crippen LogP contribution in [0.25, 0.3) is 11.1 Å². The van der Waals surface area contributed by atoms with Crippen molar-refractivity contribution in [3.8, 4) is 11.1 Å². The number of nitrogens with one attached hydrogen (secondary N) is 2. The summed E-state index contributed by atoms with van der Waals surface area (Å²) in [5.74, 6) is -0.591. The number of hydrogen-bond donors (Lipinski definition) is 2. The Bertz CT molecular complexity index is 1190. The Kier molecular flexibility index (Phi) is 11.0. The van der Waals surface area contributed by atoms with Crippen LogP contribution in [0.4, 0.5) is 18.9 Å².